The van der Waals surface area contributed by atoms with E-state index in [0.29, 0.717) is 40.6 Å². The minimum absolute atomic E-state index is 0.297. The number of fused-ring (bicyclic) bond motifs is 1. The molecule has 1 aliphatic heterocycles. The Kier molecular flexibility index (Phi) is 5.50. The normalized spacial score (nSPS) is 17.3. The van der Waals surface area contributed by atoms with Crippen LogP contribution >= 0.6 is 0 Å². The second-order valence-electron chi connectivity index (χ2n) is 8.63. The van der Waals surface area contributed by atoms with Crippen LogP contribution in [0.15, 0.2) is 41.3 Å². The molecule has 0 radical (unpaired) electrons. The van der Waals surface area contributed by atoms with Crippen molar-refractivity contribution >= 4 is 34.7 Å². The van der Waals surface area contributed by atoms with Crippen LogP contribution in [0, 0.1) is 5.92 Å². The van der Waals surface area contributed by atoms with Crippen molar-refractivity contribution in [1.29, 1.82) is 0 Å². The predicted molar refractivity (Wildman–Crippen MR) is 115 cm³/mol. The molecule has 0 fully saturated rings. The lowest BCUT2D eigenvalue weighted by Crippen LogP contribution is -2.41. The van der Waals surface area contributed by atoms with Crippen LogP contribution in [0.1, 0.15) is 46.6 Å². The van der Waals surface area contributed by atoms with Crippen molar-refractivity contribution in [3.8, 4) is 0 Å². The second kappa shape index (κ2) is 7.73. The zero-order valence-electron chi connectivity index (χ0n) is 17.5. The number of aromatic nitrogens is 1. The SMILES string of the molecule is CC(C)CC1=NC(N)=C(c2cn(C(=O)OC(C)(C)C)c3ccccc23)NC1C=O. The van der Waals surface area contributed by atoms with Crippen LogP contribution in [-0.2, 0) is 9.53 Å². The lowest BCUT2D eigenvalue weighted by Gasteiger charge is -2.25. The molecular weight excluding hydrogens is 368 g/mol. The number of hydrogen-bond donors (Lipinski definition) is 2. The van der Waals surface area contributed by atoms with Gasteiger partial charge in [0.2, 0.25) is 0 Å². The highest BCUT2D eigenvalue weighted by molar-refractivity contribution is 6.06. The Hall–Kier alpha value is -3.09. The van der Waals surface area contributed by atoms with Crippen molar-refractivity contribution in [3.05, 3.63) is 41.8 Å². The van der Waals surface area contributed by atoms with Crippen LogP contribution in [0.3, 0.4) is 0 Å². The summed E-state index contributed by atoms with van der Waals surface area (Å²) in [7, 11) is 0. The van der Waals surface area contributed by atoms with Gasteiger partial charge < -0.3 is 20.6 Å². The summed E-state index contributed by atoms with van der Waals surface area (Å²) in [5.74, 6) is 0.646. The smallest absolute Gasteiger partial charge is 0.419 e. The van der Waals surface area contributed by atoms with E-state index < -0.39 is 17.7 Å². The van der Waals surface area contributed by atoms with Crippen molar-refractivity contribution in [2.45, 2.75) is 52.7 Å². The Bertz CT molecular complexity index is 1010. The number of aliphatic imine (C=N–C) groups is 1. The molecule has 7 heteroatoms. The molecule has 0 bridgehead atoms. The van der Waals surface area contributed by atoms with Crippen molar-refractivity contribution in [1.82, 2.24) is 9.88 Å². The third kappa shape index (κ3) is 4.34. The van der Waals surface area contributed by atoms with Gasteiger partial charge in [-0.15, -0.1) is 0 Å². The van der Waals surface area contributed by atoms with E-state index in [0.717, 1.165) is 11.7 Å². The molecule has 2 aromatic rings. The van der Waals surface area contributed by atoms with Gasteiger partial charge in [-0.3, -0.25) is 4.57 Å². The fourth-order valence-electron chi connectivity index (χ4n) is 3.35. The number of carbonyl (C=O) groups is 2. The van der Waals surface area contributed by atoms with E-state index in [1.807, 2.05) is 45.0 Å². The van der Waals surface area contributed by atoms with Gasteiger partial charge in [0.25, 0.3) is 0 Å². The molecule has 7 nitrogen and oxygen atoms in total. The average molecular weight is 396 g/mol. The van der Waals surface area contributed by atoms with Crippen LogP contribution in [-0.4, -0.2) is 34.3 Å². The molecule has 1 aliphatic rings. The number of nitrogens with zero attached hydrogens (tertiary/aromatic N) is 2. The molecule has 0 spiro atoms. The van der Waals surface area contributed by atoms with Crippen molar-refractivity contribution in [2.75, 3.05) is 0 Å². The summed E-state index contributed by atoms with van der Waals surface area (Å²) in [5, 5.41) is 4.02. The van der Waals surface area contributed by atoms with E-state index in [2.05, 4.69) is 24.2 Å². The Morgan fingerprint density at radius 3 is 2.66 bits per heavy atom. The quantitative estimate of drug-likeness (QED) is 0.769. The minimum Gasteiger partial charge on any atom is -0.443 e. The molecule has 0 amide bonds. The maximum absolute atomic E-state index is 12.7. The first-order valence-corrected chi connectivity index (χ1v) is 9.73. The molecule has 3 rings (SSSR count). The van der Waals surface area contributed by atoms with Gasteiger partial charge in [0.1, 0.15) is 23.8 Å². The molecule has 1 aromatic carbocycles. The highest BCUT2D eigenvalue weighted by Crippen LogP contribution is 2.30. The highest BCUT2D eigenvalue weighted by atomic mass is 16.6. The van der Waals surface area contributed by atoms with Gasteiger partial charge in [-0.2, -0.15) is 0 Å². The Balaban J connectivity index is 2.11. The number of carbonyl (C=O) groups excluding carboxylic acids is 2. The lowest BCUT2D eigenvalue weighted by atomic mass is 9.99. The molecule has 0 saturated heterocycles. The zero-order chi connectivity index (χ0) is 21.3. The Morgan fingerprint density at radius 1 is 1.34 bits per heavy atom. The first-order chi connectivity index (χ1) is 13.6. The Labute approximate surface area is 170 Å². The van der Waals surface area contributed by atoms with E-state index in [4.69, 9.17) is 10.5 Å². The summed E-state index contributed by atoms with van der Waals surface area (Å²) in [6.45, 7) is 9.59. The second-order valence-corrected chi connectivity index (χ2v) is 8.63. The summed E-state index contributed by atoms with van der Waals surface area (Å²) in [5.41, 5.74) is 8.28. The van der Waals surface area contributed by atoms with Gasteiger partial charge in [-0.25, -0.2) is 9.79 Å². The van der Waals surface area contributed by atoms with E-state index in [9.17, 15) is 9.59 Å². The molecule has 1 unspecified atom stereocenters. The Morgan fingerprint density at radius 2 is 2.03 bits per heavy atom. The third-order valence-electron chi connectivity index (χ3n) is 4.50. The van der Waals surface area contributed by atoms with E-state index in [1.165, 1.54) is 4.57 Å². The number of para-hydroxylation sites is 1. The first kappa shape index (κ1) is 20.6. The van der Waals surface area contributed by atoms with Crippen LogP contribution in [0.2, 0.25) is 0 Å². The summed E-state index contributed by atoms with van der Waals surface area (Å²) in [6.07, 6.45) is 2.70. The van der Waals surface area contributed by atoms with E-state index in [1.54, 1.807) is 6.20 Å². The van der Waals surface area contributed by atoms with Gasteiger partial charge in [0.15, 0.2) is 0 Å². The maximum atomic E-state index is 12.7. The van der Waals surface area contributed by atoms with Crippen LogP contribution in [0.25, 0.3) is 16.6 Å². The lowest BCUT2D eigenvalue weighted by molar-refractivity contribution is -0.108. The number of nitrogens with one attached hydrogen (secondary N) is 1. The van der Waals surface area contributed by atoms with Crippen LogP contribution in [0.5, 0.6) is 0 Å². The zero-order valence-corrected chi connectivity index (χ0v) is 17.5. The van der Waals surface area contributed by atoms with Gasteiger partial charge in [0, 0.05) is 17.1 Å². The number of rotatable bonds is 4. The first-order valence-electron chi connectivity index (χ1n) is 9.73. The van der Waals surface area contributed by atoms with Crippen molar-refractivity contribution < 1.29 is 14.3 Å². The molecule has 2 heterocycles. The highest BCUT2D eigenvalue weighted by Gasteiger charge is 2.27. The van der Waals surface area contributed by atoms with Gasteiger partial charge in [0.05, 0.1) is 16.9 Å². The molecule has 1 atom stereocenters. The van der Waals surface area contributed by atoms with Crippen molar-refractivity contribution in [2.24, 2.45) is 16.6 Å². The predicted octanol–water partition coefficient (Wildman–Crippen LogP) is 3.67. The van der Waals surface area contributed by atoms with Crippen LogP contribution in [0.4, 0.5) is 4.79 Å². The number of nitrogens with two attached hydrogens (primary N) is 1. The maximum Gasteiger partial charge on any atom is 0.419 e. The fraction of sp³-hybridized carbons (Fsp3) is 0.409. The molecular formula is C22H28N4O3. The topological polar surface area (TPSA) is 98.7 Å². The molecule has 1 aromatic heterocycles. The van der Waals surface area contributed by atoms with Gasteiger partial charge in [-0.1, -0.05) is 32.0 Å². The van der Waals surface area contributed by atoms with Gasteiger partial charge in [-0.05, 0) is 39.2 Å². The summed E-state index contributed by atoms with van der Waals surface area (Å²) < 4.78 is 6.99. The molecule has 29 heavy (non-hydrogen) atoms. The summed E-state index contributed by atoms with van der Waals surface area (Å²) in [6, 6.07) is 6.93. The number of benzene rings is 1. The largest absolute Gasteiger partial charge is 0.443 e. The monoisotopic (exact) mass is 396 g/mol. The van der Waals surface area contributed by atoms with Crippen LogP contribution < -0.4 is 11.1 Å². The third-order valence-corrected chi connectivity index (χ3v) is 4.50. The van der Waals surface area contributed by atoms with E-state index >= 15 is 0 Å². The summed E-state index contributed by atoms with van der Waals surface area (Å²) >= 11 is 0. The van der Waals surface area contributed by atoms with Crippen molar-refractivity contribution in [3.63, 3.8) is 0 Å². The number of ether oxygens (including phenoxy) is 1. The number of aldehydes is 1. The summed E-state index contributed by atoms with van der Waals surface area (Å²) in [4.78, 5) is 28.9. The molecule has 3 N–H and O–H groups in total. The van der Waals surface area contributed by atoms with Gasteiger partial charge >= 0.3 is 6.09 Å². The fourth-order valence-corrected chi connectivity index (χ4v) is 3.35. The number of hydrogen-bond acceptors (Lipinski definition) is 6. The molecule has 154 valence electrons. The average Bonchev–Trinajstić information content (AvgIpc) is 3.00. The molecule has 0 saturated carbocycles. The molecule has 0 aliphatic carbocycles. The minimum atomic E-state index is -0.622. The standard InChI is InChI=1S/C22H28N4O3/c1-13(2)10-16-17(12-27)24-19(20(23)25-16)15-11-26(21(28)29-22(3,4)5)18-9-7-6-8-14(15)18/h6-9,11-13,17,24H,10,23H2,1-5H3. The van der Waals surface area contributed by atoms with E-state index in [-0.39, 0.29) is 0 Å².